The van der Waals surface area contributed by atoms with Crippen LogP contribution in [0.5, 0.6) is 0 Å². The van der Waals surface area contributed by atoms with Gasteiger partial charge < -0.3 is 19.6 Å². The van der Waals surface area contributed by atoms with Crippen molar-refractivity contribution in [1.82, 2.24) is 10.2 Å². The average molecular weight is 284 g/mol. The Bertz CT molecular complexity index is 457. The minimum absolute atomic E-state index is 0.107. The van der Waals surface area contributed by atoms with Gasteiger partial charge in [0.25, 0.3) is 0 Å². The molecule has 0 aromatic carbocycles. The molecular weight excluding hydrogens is 264 g/mol. The van der Waals surface area contributed by atoms with Crippen LogP contribution in [0.4, 0.5) is 0 Å². The quantitative estimate of drug-likeness (QED) is 0.684. The van der Waals surface area contributed by atoms with Gasteiger partial charge in [0.1, 0.15) is 5.76 Å². The maximum atomic E-state index is 11.6. The van der Waals surface area contributed by atoms with E-state index in [2.05, 4.69) is 5.32 Å². The first kappa shape index (κ1) is 16.2. The van der Waals surface area contributed by atoms with Crippen LogP contribution in [0.3, 0.4) is 0 Å². The summed E-state index contributed by atoms with van der Waals surface area (Å²) in [5, 5.41) is 11.5. The van der Waals surface area contributed by atoms with Crippen molar-refractivity contribution in [3.63, 3.8) is 0 Å². The Balaban J connectivity index is 2.51. The molecule has 1 heterocycles. The van der Waals surface area contributed by atoms with Gasteiger partial charge >= 0.3 is 5.97 Å². The maximum absolute atomic E-state index is 11.6. The number of furan rings is 1. The van der Waals surface area contributed by atoms with E-state index in [1.165, 1.54) is 6.07 Å². The number of likely N-dealkylation sites (N-methyl/N-ethyl adjacent to an activating group) is 1. The zero-order chi connectivity index (χ0) is 15.1. The first-order valence-electron chi connectivity index (χ1n) is 6.24. The van der Waals surface area contributed by atoms with Gasteiger partial charge in [-0.25, -0.2) is 4.79 Å². The first-order chi connectivity index (χ1) is 9.45. The van der Waals surface area contributed by atoms with Gasteiger partial charge in [0.05, 0.1) is 19.2 Å². The number of rotatable bonds is 8. The maximum Gasteiger partial charge on any atom is 0.371 e. The molecule has 0 saturated carbocycles. The average Bonchev–Trinajstić information content (AvgIpc) is 2.87. The number of carbonyl (C=O) groups is 2. The van der Waals surface area contributed by atoms with E-state index in [1.807, 2.05) is 6.92 Å². The number of carboxylic acid groups (broad SMARTS) is 1. The Hall–Kier alpha value is -1.86. The van der Waals surface area contributed by atoms with Gasteiger partial charge in [-0.1, -0.05) is 0 Å². The van der Waals surface area contributed by atoms with Crippen LogP contribution >= 0.6 is 0 Å². The van der Waals surface area contributed by atoms with Gasteiger partial charge in [-0.3, -0.25) is 9.69 Å². The SMILES string of the molecule is COCCNC(=O)CN(C)C(C)c1ccc(C(=O)O)o1. The van der Waals surface area contributed by atoms with Crippen LogP contribution in [0.25, 0.3) is 0 Å². The van der Waals surface area contributed by atoms with Crippen LogP contribution < -0.4 is 5.32 Å². The number of nitrogens with one attached hydrogen (secondary N) is 1. The summed E-state index contributed by atoms with van der Waals surface area (Å²) in [7, 11) is 3.33. The van der Waals surface area contributed by atoms with Crippen molar-refractivity contribution in [2.24, 2.45) is 0 Å². The predicted molar refractivity (Wildman–Crippen MR) is 71.6 cm³/mol. The lowest BCUT2D eigenvalue weighted by Gasteiger charge is -2.22. The molecule has 1 rings (SSSR count). The number of methoxy groups -OCH3 is 1. The highest BCUT2D eigenvalue weighted by atomic mass is 16.5. The molecule has 0 aliphatic carbocycles. The van der Waals surface area contributed by atoms with Crippen molar-refractivity contribution >= 4 is 11.9 Å². The lowest BCUT2D eigenvalue weighted by atomic mass is 10.2. The molecule has 20 heavy (non-hydrogen) atoms. The van der Waals surface area contributed by atoms with Crippen LogP contribution in [0.2, 0.25) is 0 Å². The van der Waals surface area contributed by atoms with E-state index in [-0.39, 0.29) is 24.3 Å². The van der Waals surface area contributed by atoms with Gasteiger partial charge in [-0.2, -0.15) is 0 Å². The summed E-state index contributed by atoms with van der Waals surface area (Å²) in [5.74, 6) is -0.829. The Morgan fingerprint density at radius 1 is 1.50 bits per heavy atom. The van der Waals surface area contributed by atoms with E-state index in [1.54, 1.807) is 25.1 Å². The molecule has 0 aliphatic heterocycles. The van der Waals surface area contributed by atoms with E-state index >= 15 is 0 Å². The van der Waals surface area contributed by atoms with E-state index in [9.17, 15) is 9.59 Å². The fraction of sp³-hybridized carbons (Fsp3) is 0.538. The molecule has 0 saturated heterocycles. The van der Waals surface area contributed by atoms with Crippen LogP contribution in [0.15, 0.2) is 16.5 Å². The molecule has 7 nitrogen and oxygen atoms in total. The lowest BCUT2D eigenvalue weighted by molar-refractivity contribution is -0.122. The number of carbonyl (C=O) groups excluding carboxylic acids is 1. The molecule has 0 fully saturated rings. The number of nitrogens with zero attached hydrogens (tertiary/aromatic N) is 1. The Labute approximate surface area is 117 Å². The molecule has 0 bridgehead atoms. The number of hydrogen-bond acceptors (Lipinski definition) is 5. The van der Waals surface area contributed by atoms with Crippen LogP contribution in [-0.4, -0.2) is 55.7 Å². The highest BCUT2D eigenvalue weighted by Gasteiger charge is 2.19. The van der Waals surface area contributed by atoms with E-state index in [0.717, 1.165) is 0 Å². The van der Waals surface area contributed by atoms with Gasteiger partial charge in [-0.15, -0.1) is 0 Å². The van der Waals surface area contributed by atoms with Crippen molar-refractivity contribution in [2.75, 3.05) is 33.9 Å². The van der Waals surface area contributed by atoms with Gasteiger partial charge in [0.15, 0.2) is 0 Å². The van der Waals surface area contributed by atoms with Crippen molar-refractivity contribution in [1.29, 1.82) is 0 Å². The zero-order valence-electron chi connectivity index (χ0n) is 11.9. The van der Waals surface area contributed by atoms with Crippen molar-refractivity contribution in [2.45, 2.75) is 13.0 Å². The molecule has 0 aliphatic rings. The number of amides is 1. The van der Waals surface area contributed by atoms with Gasteiger partial charge in [-0.05, 0) is 26.1 Å². The summed E-state index contributed by atoms with van der Waals surface area (Å²) in [5.41, 5.74) is 0. The van der Waals surface area contributed by atoms with Gasteiger partial charge in [0.2, 0.25) is 11.7 Å². The molecule has 7 heteroatoms. The monoisotopic (exact) mass is 284 g/mol. The molecule has 1 amide bonds. The Morgan fingerprint density at radius 3 is 2.75 bits per heavy atom. The second-order valence-electron chi connectivity index (χ2n) is 4.44. The molecule has 1 atom stereocenters. The van der Waals surface area contributed by atoms with Crippen molar-refractivity contribution < 1.29 is 23.8 Å². The minimum atomic E-state index is -1.11. The molecule has 1 aromatic heterocycles. The summed E-state index contributed by atoms with van der Waals surface area (Å²) in [6.07, 6.45) is 0. The second-order valence-corrected chi connectivity index (χ2v) is 4.44. The highest BCUT2D eigenvalue weighted by Crippen LogP contribution is 2.20. The molecular formula is C13H20N2O5. The fourth-order valence-electron chi connectivity index (χ4n) is 1.62. The topological polar surface area (TPSA) is 92.0 Å². The van der Waals surface area contributed by atoms with Crippen LogP contribution in [0.1, 0.15) is 29.3 Å². The Kier molecular flexibility index (Phi) is 6.20. The number of aromatic carboxylic acids is 1. The van der Waals surface area contributed by atoms with Crippen LogP contribution in [0, 0.1) is 0 Å². The summed E-state index contributed by atoms with van der Waals surface area (Å²) in [6, 6.07) is 2.81. The third-order valence-electron chi connectivity index (χ3n) is 2.93. The van der Waals surface area contributed by atoms with Crippen LogP contribution in [-0.2, 0) is 9.53 Å². The molecule has 112 valence electrons. The highest BCUT2D eigenvalue weighted by molar-refractivity contribution is 5.84. The zero-order valence-corrected chi connectivity index (χ0v) is 11.9. The molecule has 1 aromatic rings. The minimum Gasteiger partial charge on any atom is -0.475 e. The molecule has 1 unspecified atom stereocenters. The first-order valence-corrected chi connectivity index (χ1v) is 6.24. The summed E-state index contributed by atoms with van der Waals surface area (Å²) in [6.45, 7) is 2.95. The summed E-state index contributed by atoms with van der Waals surface area (Å²) < 4.78 is 10.1. The molecule has 2 N–H and O–H groups in total. The number of hydrogen-bond donors (Lipinski definition) is 2. The standard InChI is InChI=1S/C13H20N2O5/c1-9(10-4-5-11(20-10)13(17)18)15(2)8-12(16)14-6-7-19-3/h4-5,9H,6-8H2,1-3H3,(H,14,16)(H,17,18). The smallest absolute Gasteiger partial charge is 0.371 e. The van der Waals surface area contributed by atoms with E-state index in [4.69, 9.17) is 14.3 Å². The molecule has 0 radical (unpaired) electrons. The fourth-order valence-corrected chi connectivity index (χ4v) is 1.62. The largest absolute Gasteiger partial charge is 0.475 e. The number of ether oxygens (including phenoxy) is 1. The van der Waals surface area contributed by atoms with Gasteiger partial charge in [0, 0.05) is 13.7 Å². The summed E-state index contributed by atoms with van der Waals surface area (Å²) >= 11 is 0. The predicted octanol–water partition coefficient (Wildman–Crippen LogP) is 0.733. The summed E-state index contributed by atoms with van der Waals surface area (Å²) in [4.78, 5) is 24.2. The molecule has 0 spiro atoms. The Morgan fingerprint density at radius 2 is 2.20 bits per heavy atom. The normalized spacial score (nSPS) is 12.4. The van der Waals surface area contributed by atoms with Crippen molar-refractivity contribution in [3.05, 3.63) is 23.7 Å². The third kappa shape index (κ3) is 4.67. The van der Waals surface area contributed by atoms with E-state index < -0.39 is 5.97 Å². The van der Waals surface area contributed by atoms with E-state index in [0.29, 0.717) is 18.9 Å². The third-order valence-corrected chi connectivity index (χ3v) is 2.93. The number of carboxylic acids is 1. The van der Waals surface area contributed by atoms with Crippen molar-refractivity contribution in [3.8, 4) is 0 Å². The second kappa shape index (κ2) is 7.66. The lowest BCUT2D eigenvalue weighted by Crippen LogP contribution is -2.37.